The van der Waals surface area contributed by atoms with Crippen molar-refractivity contribution in [1.29, 1.82) is 0 Å². The first-order chi connectivity index (χ1) is 8.36. The molecule has 0 bridgehead atoms. The van der Waals surface area contributed by atoms with Gasteiger partial charge in [0.2, 0.25) is 0 Å². The Labute approximate surface area is 104 Å². The molecule has 0 spiro atoms. The fourth-order valence-corrected chi connectivity index (χ4v) is 2.16. The van der Waals surface area contributed by atoms with E-state index < -0.39 is 0 Å². The summed E-state index contributed by atoms with van der Waals surface area (Å²) in [7, 11) is 0. The summed E-state index contributed by atoms with van der Waals surface area (Å²) in [5, 5.41) is 0.904. The first-order valence-corrected chi connectivity index (χ1v) is 6.32. The standard InChI is InChI=1S/C13H12N2OS/c16-12(11-4-2-1-3-5-11)7-9-17-13-6-8-14-10-15-13/h1-6,8,10H,7,9H2. The summed E-state index contributed by atoms with van der Waals surface area (Å²) in [6.45, 7) is 0. The molecule has 0 aliphatic heterocycles. The Hall–Kier alpha value is -1.68. The number of carbonyl (C=O) groups is 1. The molecule has 0 saturated heterocycles. The predicted molar refractivity (Wildman–Crippen MR) is 68.1 cm³/mol. The fourth-order valence-electron chi connectivity index (χ4n) is 1.38. The summed E-state index contributed by atoms with van der Waals surface area (Å²) in [6, 6.07) is 11.2. The zero-order valence-corrected chi connectivity index (χ0v) is 10.1. The SMILES string of the molecule is O=C(CCSc1ccncn1)c1ccccc1. The van der Waals surface area contributed by atoms with Gasteiger partial charge < -0.3 is 0 Å². The molecular weight excluding hydrogens is 232 g/mol. The van der Waals surface area contributed by atoms with Gasteiger partial charge in [-0.15, -0.1) is 11.8 Å². The Balaban J connectivity index is 1.82. The van der Waals surface area contributed by atoms with Gasteiger partial charge in [0.05, 0.1) is 5.03 Å². The molecule has 0 amide bonds. The Bertz CT molecular complexity index is 473. The number of Topliss-reactive ketones (excluding diaryl/α,β-unsaturated/α-hetero) is 1. The molecule has 3 nitrogen and oxygen atoms in total. The molecule has 0 saturated carbocycles. The molecule has 1 aromatic carbocycles. The van der Waals surface area contributed by atoms with E-state index in [1.165, 1.54) is 6.33 Å². The van der Waals surface area contributed by atoms with E-state index >= 15 is 0 Å². The monoisotopic (exact) mass is 244 g/mol. The largest absolute Gasteiger partial charge is 0.294 e. The van der Waals surface area contributed by atoms with Crippen molar-refractivity contribution in [1.82, 2.24) is 9.97 Å². The summed E-state index contributed by atoms with van der Waals surface area (Å²) in [4.78, 5) is 19.7. The topological polar surface area (TPSA) is 42.9 Å². The predicted octanol–water partition coefficient (Wildman–Crippen LogP) is 2.84. The second kappa shape index (κ2) is 6.15. The molecular formula is C13H12N2OS. The lowest BCUT2D eigenvalue weighted by molar-refractivity contribution is 0.0989. The lowest BCUT2D eigenvalue weighted by Gasteiger charge is -2.00. The van der Waals surface area contributed by atoms with Gasteiger partial charge in [-0.05, 0) is 6.07 Å². The minimum Gasteiger partial charge on any atom is -0.294 e. The molecule has 1 aromatic heterocycles. The average molecular weight is 244 g/mol. The molecule has 17 heavy (non-hydrogen) atoms. The third-order valence-corrected chi connectivity index (χ3v) is 3.18. The molecule has 86 valence electrons. The zero-order chi connectivity index (χ0) is 11.9. The smallest absolute Gasteiger partial charge is 0.163 e. The second-order valence-electron chi connectivity index (χ2n) is 3.44. The van der Waals surface area contributed by atoms with Crippen LogP contribution in [0.3, 0.4) is 0 Å². The van der Waals surface area contributed by atoms with Crippen LogP contribution in [0.25, 0.3) is 0 Å². The van der Waals surface area contributed by atoms with Crippen LogP contribution in [0.1, 0.15) is 16.8 Å². The Morgan fingerprint density at radius 1 is 1.18 bits per heavy atom. The van der Waals surface area contributed by atoms with Gasteiger partial charge in [0.1, 0.15) is 6.33 Å². The van der Waals surface area contributed by atoms with Crippen LogP contribution in [0.5, 0.6) is 0 Å². The van der Waals surface area contributed by atoms with E-state index in [1.807, 2.05) is 36.4 Å². The highest BCUT2D eigenvalue weighted by molar-refractivity contribution is 7.99. The number of thioether (sulfide) groups is 1. The number of nitrogens with zero attached hydrogens (tertiary/aromatic N) is 2. The molecule has 0 atom stereocenters. The maximum Gasteiger partial charge on any atom is 0.163 e. The number of aromatic nitrogens is 2. The maximum atomic E-state index is 11.8. The highest BCUT2D eigenvalue weighted by Gasteiger charge is 2.05. The summed E-state index contributed by atoms with van der Waals surface area (Å²) in [5.41, 5.74) is 0.774. The van der Waals surface area contributed by atoms with Crippen LogP contribution in [0.15, 0.2) is 53.9 Å². The first kappa shape index (κ1) is 11.8. The van der Waals surface area contributed by atoms with E-state index in [9.17, 15) is 4.79 Å². The van der Waals surface area contributed by atoms with E-state index in [1.54, 1.807) is 18.0 Å². The number of hydrogen-bond acceptors (Lipinski definition) is 4. The van der Waals surface area contributed by atoms with Gasteiger partial charge in [0.25, 0.3) is 0 Å². The average Bonchev–Trinajstić information content (AvgIpc) is 2.41. The molecule has 0 N–H and O–H groups in total. The zero-order valence-electron chi connectivity index (χ0n) is 9.24. The van der Waals surface area contributed by atoms with Crippen LogP contribution in [0.2, 0.25) is 0 Å². The van der Waals surface area contributed by atoms with Crippen LogP contribution in [0.4, 0.5) is 0 Å². The minimum absolute atomic E-state index is 0.173. The number of hydrogen-bond donors (Lipinski definition) is 0. The van der Waals surface area contributed by atoms with Gasteiger partial charge in [-0.3, -0.25) is 4.79 Å². The molecule has 1 heterocycles. The van der Waals surface area contributed by atoms with Crippen molar-refractivity contribution < 1.29 is 4.79 Å². The lowest BCUT2D eigenvalue weighted by Crippen LogP contribution is -2.00. The Morgan fingerprint density at radius 2 is 2.00 bits per heavy atom. The first-order valence-electron chi connectivity index (χ1n) is 5.33. The highest BCUT2D eigenvalue weighted by atomic mass is 32.2. The van der Waals surface area contributed by atoms with E-state index in [-0.39, 0.29) is 5.78 Å². The maximum absolute atomic E-state index is 11.8. The summed E-state index contributed by atoms with van der Waals surface area (Å²) in [6.07, 6.45) is 3.74. The number of rotatable bonds is 5. The van der Waals surface area contributed by atoms with Crippen LogP contribution in [-0.2, 0) is 0 Å². The Morgan fingerprint density at radius 3 is 2.71 bits per heavy atom. The number of benzene rings is 1. The van der Waals surface area contributed by atoms with Gasteiger partial charge >= 0.3 is 0 Å². The summed E-state index contributed by atoms with van der Waals surface area (Å²) >= 11 is 1.57. The quantitative estimate of drug-likeness (QED) is 0.461. The van der Waals surface area contributed by atoms with E-state index in [0.29, 0.717) is 6.42 Å². The van der Waals surface area contributed by atoms with Gasteiger partial charge in [-0.25, -0.2) is 9.97 Å². The van der Waals surface area contributed by atoms with Crippen LogP contribution < -0.4 is 0 Å². The van der Waals surface area contributed by atoms with Crippen molar-refractivity contribution >= 4 is 17.5 Å². The second-order valence-corrected chi connectivity index (χ2v) is 4.55. The van der Waals surface area contributed by atoms with Gasteiger partial charge in [-0.2, -0.15) is 0 Å². The van der Waals surface area contributed by atoms with Crippen LogP contribution >= 0.6 is 11.8 Å². The Kier molecular flexibility index (Phi) is 4.27. The lowest BCUT2D eigenvalue weighted by atomic mass is 10.1. The normalized spacial score (nSPS) is 10.1. The van der Waals surface area contributed by atoms with Gasteiger partial charge in [0, 0.05) is 23.9 Å². The third-order valence-electron chi connectivity index (χ3n) is 2.23. The molecule has 0 aliphatic carbocycles. The van der Waals surface area contributed by atoms with Crippen molar-refractivity contribution in [2.75, 3.05) is 5.75 Å². The third kappa shape index (κ3) is 3.67. The minimum atomic E-state index is 0.173. The number of carbonyl (C=O) groups excluding carboxylic acids is 1. The van der Waals surface area contributed by atoms with Crippen LogP contribution in [-0.4, -0.2) is 21.5 Å². The molecule has 2 rings (SSSR count). The molecule has 0 radical (unpaired) electrons. The summed E-state index contributed by atoms with van der Waals surface area (Å²) < 4.78 is 0. The molecule has 0 unspecified atom stereocenters. The highest BCUT2D eigenvalue weighted by Crippen LogP contribution is 2.15. The van der Waals surface area contributed by atoms with Gasteiger partial charge in [0.15, 0.2) is 5.78 Å². The van der Waals surface area contributed by atoms with Gasteiger partial charge in [-0.1, -0.05) is 30.3 Å². The molecule has 2 aromatic rings. The van der Waals surface area contributed by atoms with Crippen molar-refractivity contribution in [2.45, 2.75) is 11.4 Å². The fraction of sp³-hybridized carbons (Fsp3) is 0.154. The number of ketones is 1. The molecule has 4 heteroatoms. The van der Waals surface area contributed by atoms with Crippen molar-refractivity contribution in [2.24, 2.45) is 0 Å². The van der Waals surface area contributed by atoms with Crippen molar-refractivity contribution in [3.05, 3.63) is 54.5 Å². The van der Waals surface area contributed by atoms with E-state index in [2.05, 4.69) is 9.97 Å². The van der Waals surface area contributed by atoms with E-state index in [4.69, 9.17) is 0 Å². The van der Waals surface area contributed by atoms with E-state index in [0.717, 1.165) is 16.3 Å². The molecule has 0 aliphatic rings. The molecule has 0 fully saturated rings. The van der Waals surface area contributed by atoms with Crippen molar-refractivity contribution in [3.63, 3.8) is 0 Å². The van der Waals surface area contributed by atoms with Crippen LogP contribution in [0, 0.1) is 0 Å². The summed E-state index contributed by atoms with van der Waals surface area (Å²) in [5.74, 6) is 0.914. The van der Waals surface area contributed by atoms with Crippen molar-refractivity contribution in [3.8, 4) is 0 Å².